The van der Waals surface area contributed by atoms with Crippen LogP contribution in [0.2, 0.25) is 0 Å². The molecule has 0 unspecified atom stereocenters. The number of hydrogen-bond donors (Lipinski definition) is 0. The molecule has 306 valence electrons. The topological polar surface area (TPSA) is 35.1 Å². The summed E-state index contributed by atoms with van der Waals surface area (Å²) in [6.07, 6.45) is 10.3. The number of aryl methyl sites for hydroxylation is 1. The van der Waals surface area contributed by atoms with E-state index in [1.807, 2.05) is 61.8 Å². The number of pyridine rings is 1. The molecule has 4 nitrogen and oxygen atoms in total. The molecule has 4 heteroatoms. The Labute approximate surface area is 377 Å². The van der Waals surface area contributed by atoms with Gasteiger partial charge in [-0.05, 0) is 113 Å². The van der Waals surface area contributed by atoms with Crippen molar-refractivity contribution in [2.45, 2.75) is 6.92 Å². The highest BCUT2D eigenvalue weighted by atomic mass is 15.0. The van der Waals surface area contributed by atoms with E-state index in [0.717, 1.165) is 45.1 Å². The fourth-order valence-electron chi connectivity index (χ4n) is 9.80. The number of allylic oxidation sites excluding steroid dienone is 2. The van der Waals surface area contributed by atoms with E-state index in [1.165, 1.54) is 76.5 Å². The number of imidazole rings is 2. The predicted octanol–water partition coefficient (Wildman–Crippen LogP) is 16.0. The Balaban J connectivity index is 0.983. The summed E-state index contributed by atoms with van der Waals surface area (Å²) in [6.45, 7) is 6.31. The van der Waals surface area contributed by atoms with Crippen LogP contribution in [-0.2, 0) is 0 Å². The van der Waals surface area contributed by atoms with Gasteiger partial charge in [-0.3, -0.25) is 0 Å². The lowest BCUT2D eigenvalue weighted by Gasteiger charge is -2.22. The summed E-state index contributed by atoms with van der Waals surface area (Å²) in [6, 6.07) is 70.0. The van der Waals surface area contributed by atoms with Gasteiger partial charge in [-0.25, -0.2) is 9.97 Å². The number of nitrogens with zero attached hydrogens (tertiary/aromatic N) is 4. The van der Waals surface area contributed by atoms with Crippen molar-refractivity contribution in [2.24, 2.45) is 0 Å². The second kappa shape index (κ2) is 15.6. The van der Waals surface area contributed by atoms with Crippen molar-refractivity contribution in [3.8, 4) is 55.9 Å². The highest BCUT2D eigenvalue weighted by molar-refractivity contribution is 6.30. The maximum Gasteiger partial charge on any atom is 0.137 e. The van der Waals surface area contributed by atoms with Gasteiger partial charge in [0.2, 0.25) is 0 Å². The maximum absolute atomic E-state index is 4.96. The minimum atomic E-state index is 0.916. The van der Waals surface area contributed by atoms with Gasteiger partial charge in [-0.2, -0.15) is 0 Å². The van der Waals surface area contributed by atoms with Gasteiger partial charge in [0.1, 0.15) is 11.5 Å². The van der Waals surface area contributed by atoms with Crippen LogP contribution in [0.15, 0.2) is 225 Å². The quantitative estimate of drug-likeness (QED) is 0.113. The first kappa shape index (κ1) is 38.1. The Hall–Kier alpha value is -8.60. The standard InChI is InChI=1S/C61H42N4/c1-40(42-16-4-3-5-17-42)35-37-64-38-55(62-41(64)2)43-27-31-45(32-28-43)58-47-18-6-10-22-51(47)60(52-23-11-7-19-48(52)58)61-53-24-12-8-20-49(53)59(50-21-9-13-25-54(50)61)46-33-29-44(30-34-46)56-39-65-36-15-14-26-57(65)63-56/h3-39H,1H2,2H3/b37-35-. The maximum atomic E-state index is 4.96. The van der Waals surface area contributed by atoms with Crippen molar-refractivity contribution in [3.63, 3.8) is 0 Å². The zero-order chi connectivity index (χ0) is 43.4. The van der Waals surface area contributed by atoms with Crippen molar-refractivity contribution in [1.82, 2.24) is 18.9 Å². The van der Waals surface area contributed by atoms with E-state index in [9.17, 15) is 0 Å². The number of fused-ring (bicyclic) bond motifs is 5. The van der Waals surface area contributed by atoms with Crippen LogP contribution in [0.25, 0.3) is 116 Å². The summed E-state index contributed by atoms with van der Waals surface area (Å²) in [4.78, 5) is 9.86. The van der Waals surface area contributed by atoms with Gasteiger partial charge >= 0.3 is 0 Å². The molecule has 0 aliphatic carbocycles. The van der Waals surface area contributed by atoms with Crippen molar-refractivity contribution >= 4 is 60.5 Å². The molecule has 0 amide bonds. The monoisotopic (exact) mass is 830 g/mol. The van der Waals surface area contributed by atoms with Gasteiger partial charge in [0.15, 0.2) is 0 Å². The molecule has 0 aliphatic heterocycles. The molecule has 3 heterocycles. The van der Waals surface area contributed by atoms with Crippen molar-refractivity contribution < 1.29 is 0 Å². The molecule has 0 saturated carbocycles. The predicted molar refractivity (Wildman–Crippen MR) is 274 cm³/mol. The Bertz CT molecular complexity index is 3680. The second-order valence-corrected chi connectivity index (χ2v) is 16.7. The molecule has 65 heavy (non-hydrogen) atoms. The number of hydrogen-bond acceptors (Lipinski definition) is 2. The molecule has 12 rings (SSSR count). The summed E-state index contributed by atoms with van der Waals surface area (Å²) in [5.41, 5.74) is 14.4. The van der Waals surface area contributed by atoms with E-state index in [2.05, 4.69) is 186 Å². The summed E-state index contributed by atoms with van der Waals surface area (Å²) in [5, 5.41) is 9.80. The fourth-order valence-corrected chi connectivity index (χ4v) is 9.80. The molecular formula is C61H42N4. The lowest BCUT2D eigenvalue weighted by atomic mass is 9.81. The van der Waals surface area contributed by atoms with E-state index in [1.54, 1.807) is 0 Å². The van der Waals surface area contributed by atoms with Crippen molar-refractivity contribution in [2.75, 3.05) is 0 Å². The van der Waals surface area contributed by atoms with E-state index < -0.39 is 0 Å². The molecule has 12 aromatic rings. The van der Waals surface area contributed by atoms with Crippen molar-refractivity contribution in [1.29, 1.82) is 0 Å². The van der Waals surface area contributed by atoms with Crippen LogP contribution in [-0.4, -0.2) is 18.9 Å². The molecule has 0 N–H and O–H groups in total. The Morgan fingerprint density at radius 2 is 0.815 bits per heavy atom. The van der Waals surface area contributed by atoms with E-state index in [4.69, 9.17) is 9.97 Å². The third-order valence-corrected chi connectivity index (χ3v) is 12.9. The molecule has 3 aromatic heterocycles. The molecule has 0 aliphatic rings. The molecule has 0 saturated heterocycles. The molecule has 0 bridgehead atoms. The second-order valence-electron chi connectivity index (χ2n) is 16.7. The van der Waals surface area contributed by atoms with E-state index in [0.29, 0.717) is 0 Å². The number of aromatic nitrogens is 4. The van der Waals surface area contributed by atoms with Crippen LogP contribution in [0.4, 0.5) is 0 Å². The van der Waals surface area contributed by atoms with Gasteiger partial charge < -0.3 is 8.97 Å². The third kappa shape index (κ3) is 6.54. The summed E-state index contributed by atoms with van der Waals surface area (Å²) in [5.74, 6) is 0.916. The fraction of sp³-hybridized carbons (Fsp3) is 0.0164. The Morgan fingerprint density at radius 3 is 1.28 bits per heavy atom. The van der Waals surface area contributed by atoms with Gasteiger partial charge in [-0.1, -0.05) is 189 Å². The van der Waals surface area contributed by atoms with Crippen LogP contribution < -0.4 is 0 Å². The lowest BCUT2D eigenvalue weighted by Crippen LogP contribution is -1.94. The minimum absolute atomic E-state index is 0.916. The molecular weight excluding hydrogens is 789 g/mol. The van der Waals surface area contributed by atoms with Crippen LogP contribution in [0.3, 0.4) is 0 Å². The first-order valence-corrected chi connectivity index (χ1v) is 22.1. The molecule has 0 spiro atoms. The normalized spacial score (nSPS) is 11.8. The Kier molecular flexibility index (Phi) is 9.17. The van der Waals surface area contributed by atoms with Gasteiger partial charge in [0.25, 0.3) is 0 Å². The van der Waals surface area contributed by atoms with E-state index in [-0.39, 0.29) is 0 Å². The number of benzene rings is 9. The zero-order valence-corrected chi connectivity index (χ0v) is 35.9. The highest BCUT2D eigenvalue weighted by Crippen LogP contribution is 2.50. The average Bonchev–Trinajstić information content (AvgIpc) is 3.98. The molecule has 0 fully saturated rings. The summed E-state index contributed by atoms with van der Waals surface area (Å²) < 4.78 is 4.14. The van der Waals surface area contributed by atoms with Gasteiger partial charge in [-0.15, -0.1) is 0 Å². The van der Waals surface area contributed by atoms with Crippen LogP contribution >= 0.6 is 0 Å². The first-order valence-electron chi connectivity index (χ1n) is 22.1. The van der Waals surface area contributed by atoms with E-state index >= 15 is 0 Å². The van der Waals surface area contributed by atoms with Crippen molar-refractivity contribution in [3.05, 3.63) is 237 Å². The molecule has 9 aromatic carbocycles. The first-order chi connectivity index (χ1) is 32.1. The number of rotatable bonds is 8. The Morgan fingerprint density at radius 1 is 0.415 bits per heavy atom. The highest BCUT2D eigenvalue weighted by Gasteiger charge is 2.22. The molecule has 0 radical (unpaired) electrons. The van der Waals surface area contributed by atoms with Crippen LogP contribution in [0.1, 0.15) is 11.4 Å². The van der Waals surface area contributed by atoms with Crippen LogP contribution in [0, 0.1) is 6.92 Å². The SMILES string of the molecule is C=C(/C=C\n1cc(-c2ccc(-c3c4ccccc4c(-c4c5ccccc5c(-c5ccc(-c6cn7ccccc7n6)cc5)c5ccccc45)c4ccccc34)cc2)nc1C)c1ccccc1. The third-order valence-electron chi connectivity index (χ3n) is 12.9. The summed E-state index contributed by atoms with van der Waals surface area (Å²) in [7, 11) is 0. The zero-order valence-electron chi connectivity index (χ0n) is 35.9. The van der Waals surface area contributed by atoms with Crippen LogP contribution in [0.5, 0.6) is 0 Å². The largest absolute Gasteiger partial charge is 0.310 e. The average molecular weight is 831 g/mol. The smallest absolute Gasteiger partial charge is 0.137 e. The lowest BCUT2D eigenvalue weighted by molar-refractivity contribution is 1.03. The summed E-state index contributed by atoms with van der Waals surface area (Å²) >= 11 is 0. The van der Waals surface area contributed by atoms with Gasteiger partial charge in [0, 0.05) is 35.9 Å². The molecule has 0 atom stereocenters. The van der Waals surface area contributed by atoms with Gasteiger partial charge in [0.05, 0.1) is 11.4 Å². The minimum Gasteiger partial charge on any atom is -0.310 e.